The number of nitrogens with zero attached hydrogens (tertiary/aromatic N) is 5. The van der Waals surface area contributed by atoms with Gasteiger partial charge in [0.15, 0.2) is 11.5 Å². The Balaban J connectivity index is 1.69. The topological polar surface area (TPSA) is 110 Å². The third-order valence-electron chi connectivity index (χ3n) is 5.57. The van der Waals surface area contributed by atoms with Crippen molar-refractivity contribution in [3.8, 4) is 0 Å². The summed E-state index contributed by atoms with van der Waals surface area (Å²) in [7, 11) is 3.35. The van der Waals surface area contributed by atoms with Crippen molar-refractivity contribution in [1.82, 2.24) is 18.2 Å². The highest BCUT2D eigenvalue weighted by molar-refractivity contribution is 6.99. The second-order valence-corrected chi connectivity index (χ2v) is 7.84. The predicted molar refractivity (Wildman–Crippen MR) is 123 cm³/mol. The van der Waals surface area contributed by atoms with Crippen molar-refractivity contribution in [1.29, 1.82) is 0 Å². The number of hydrogen-bond donors (Lipinski definition) is 1. The zero-order valence-corrected chi connectivity index (χ0v) is 18.9. The molecule has 2 aromatic heterocycles. The fraction of sp³-hybridized carbons (Fsp3) is 0.381. The Morgan fingerprint density at radius 1 is 1.16 bits per heavy atom. The first kappa shape index (κ1) is 21.8. The Morgan fingerprint density at radius 2 is 1.88 bits per heavy atom. The van der Waals surface area contributed by atoms with Crippen LogP contribution in [0.1, 0.15) is 27.8 Å². The maximum atomic E-state index is 13.1. The van der Waals surface area contributed by atoms with E-state index in [0.717, 1.165) is 22.6 Å². The number of rotatable bonds is 5. The summed E-state index contributed by atoms with van der Waals surface area (Å²) in [6.07, 6.45) is 0. The van der Waals surface area contributed by atoms with Crippen LogP contribution >= 0.6 is 11.7 Å². The SMILES string of the molecule is CCOC(=O)c1c(N2CCN(C(=O)c3nsnc3NC)CC2)c2ccccc2n(C)c1=O. The van der Waals surface area contributed by atoms with Gasteiger partial charge in [-0.25, -0.2) is 4.79 Å². The Hall–Kier alpha value is -3.47. The molecule has 1 amide bonds. The number of aryl methyl sites for hydroxylation is 1. The van der Waals surface area contributed by atoms with E-state index in [2.05, 4.69) is 14.1 Å². The third-order valence-corrected chi connectivity index (χ3v) is 6.09. The maximum absolute atomic E-state index is 13.1. The Bertz CT molecular complexity index is 1230. The van der Waals surface area contributed by atoms with Gasteiger partial charge in [0.2, 0.25) is 0 Å². The molecular formula is C21H24N6O4S. The molecule has 0 atom stereocenters. The highest BCUT2D eigenvalue weighted by Gasteiger charge is 2.31. The maximum Gasteiger partial charge on any atom is 0.345 e. The summed E-state index contributed by atoms with van der Waals surface area (Å²) < 4.78 is 14.9. The number of amides is 1. The molecule has 1 saturated heterocycles. The second kappa shape index (κ2) is 8.95. The minimum atomic E-state index is -0.639. The summed E-state index contributed by atoms with van der Waals surface area (Å²) in [5, 5.41) is 3.67. The number of anilines is 2. The lowest BCUT2D eigenvalue weighted by Crippen LogP contribution is -2.50. The number of carbonyl (C=O) groups excluding carboxylic acids is 2. The first-order chi connectivity index (χ1) is 15.5. The molecule has 32 heavy (non-hydrogen) atoms. The fourth-order valence-corrected chi connectivity index (χ4v) is 4.52. The lowest BCUT2D eigenvalue weighted by Gasteiger charge is -2.37. The summed E-state index contributed by atoms with van der Waals surface area (Å²) in [5.41, 5.74) is 1.21. The van der Waals surface area contributed by atoms with Gasteiger partial charge in [-0.2, -0.15) is 8.75 Å². The molecule has 1 aliphatic rings. The quantitative estimate of drug-likeness (QED) is 0.576. The Morgan fingerprint density at radius 3 is 2.56 bits per heavy atom. The van der Waals surface area contributed by atoms with E-state index in [0.29, 0.717) is 43.4 Å². The van der Waals surface area contributed by atoms with Gasteiger partial charge in [0.1, 0.15) is 5.56 Å². The number of esters is 1. The molecule has 3 heterocycles. The molecule has 0 radical (unpaired) electrons. The summed E-state index contributed by atoms with van der Waals surface area (Å²) >= 11 is 0.986. The van der Waals surface area contributed by atoms with Crippen LogP contribution in [-0.2, 0) is 11.8 Å². The van der Waals surface area contributed by atoms with Crippen LogP contribution in [-0.4, -0.2) is 69.9 Å². The van der Waals surface area contributed by atoms with Crippen molar-refractivity contribution in [2.75, 3.05) is 50.1 Å². The first-order valence-corrected chi connectivity index (χ1v) is 11.0. The zero-order chi connectivity index (χ0) is 22.8. The summed E-state index contributed by atoms with van der Waals surface area (Å²) in [6.45, 7) is 3.65. The van der Waals surface area contributed by atoms with Gasteiger partial charge in [-0.15, -0.1) is 0 Å². The molecule has 0 saturated carbocycles. The normalized spacial score (nSPS) is 14.0. The van der Waals surface area contributed by atoms with Gasteiger partial charge in [0.05, 0.1) is 29.5 Å². The average Bonchev–Trinajstić information content (AvgIpc) is 3.30. The lowest BCUT2D eigenvalue weighted by atomic mass is 10.1. The molecule has 10 nitrogen and oxygen atoms in total. The summed E-state index contributed by atoms with van der Waals surface area (Å²) in [5.74, 6) is -0.369. The number of fused-ring (bicyclic) bond motifs is 1. The Labute approximate surface area is 188 Å². The van der Waals surface area contributed by atoms with Crippen LogP contribution in [0.4, 0.5) is 11.5 Å². The van der Waals surface area contributed by atoms with Gasteiger partial charge in [-0.1, -0.05) is 18.2 Å². The van der Waals surface area contributed by atoms with Gasteiger partial charge < -0.3 is 24.4 Å². The second-order valence-electron chi connectivity index (χ2n) is 7.32. The van der Waals surface area contributed by atoms with Crippen LogP contribution in [0.25, 0.3) is 10.9 Å². The van der Waals surface area contributed by atoms with Gasteiger partial charge >= 0.3 is 5.97 Å². The summed E-state index contributed by atoms with van der Waals surface area (Å²) in [6, 6.07) is 7.47. The van der Waals surface area contributed by atoms with Gasteiger partial charge in [0.25, 0.3) is 11.5 Å². The molecule has 11 heteroatoms. The van der Waals surface area contributed by atoms with E-state index >= 15 is 0 Å². The van der Waals surface area contributed by atoms with Crippen LogP contribution in [0, 0.1) is 0 Å². The van der Waals surface area contributed by atoms with E-state index in [4.69, 9.17) is 4.74 Å². The van der Waals surface area contributed by atoms with E-state index in [9.17, 15) is 14.4 Å². The summed E-state index contributed by atoms with van der Waals surface area (Å²) in [4.78, 5) is 42.5. The van der Waals surface area contributed by atoms with Crippen molar-refractivity contribution in [3.05, 3.63) is 45.9 Å². The molecule has 3 aromatic rings. The first-order valence-electron chi connectivity index (χ1n) is 10.3. The highest BCUT2D eigenvalue weighted by Crippen LogP contribution is 2.30. The van der Waals surface area contributed by atoms with E-state index < -0.39 is 11.5 Å². The molecule has 1 fully saturated rings. The molecule has 1 aliphatic heterocycles. The Kier molecular flexibility index (Phi) is 6.08. The molecule has 0 unspecified atom stereocenters. The zero-order valence-electron chi connectivity index (χ0n) is 18.1. The molecule has 0 spiro atoms. The van der Waals surface area contributed by atoms with Crippen LogP contribution in [0.3, 0.4) is 0 Å². The van der Waals surface area contributed by atoms with Gasteiger partial charge in [-0.3, -0.25) is 9.59 Å². The molecular weight excluding hydrogens is 432 g/mol. The number of ether oxygens (including phenoxy) is 1. The van der Waals surface area contributed by atoms with Crippen LogP contribution in [0.15, 0.2) is 29.1 Å². The van der Waals surface area contributed by atoms with Crippen LogP contribution < -0.4 is 15.8 Å². The number of pyridine rings is 1. The van der Waals surface area contributed by atoms with Crippen molar-refractivity contribution in [3.63, 3.8) is 0 Å². The van der Waals surface area contributed by atoms with Crippen LogP contribution in [0.2, 0.25) is 0 Å². The number of hydrogen-bond acceptors (Lipinski definition) is 9. The fourth-order valence-electron chi connectivity index (χ4n) is 3.97. The molecule has 0 bridgehead atoms. The van der Waals surface area contributed by atoms with Crippen molar-refractivity contribution >= 4 is 46.0 Å². The lowest BCUT2D eigenvalue weighted by molar-refractivity contribution is 0.0523. The number of para-hydroxylation sites is 1. The number of nitrogens with one attached hydrogen (secondary N) is 1. The van der Waals surface area contributed by atoms with Crippen molar-refractivity contribution < 1.29 is 14.3 Å². The molecule has 1 aromatic carbocycles. The molecule has 0 aliphatic carbocycles. The number of benzene rings is 1. The van der Waals surface area contributed by atoms with E-state index in [1.54, 1.807) is 25.9 Å². The standard InChI is InChI=1S/C21H24N6O4S/c1-4-31-21(30)15-17(13-7-5-6-8-14(13)25(3)19(15)28)26-9-11-27(12-10-26)20(29)16-18(22-2)24-32-23-16/h5-8H,4,9-12H2,1-3H3,(H,22,24). The molecule has 4 rings (SSSR count). The number of aromatic nitrogens is 3. The average molecular weight is 457 g/mol. The van der Waals surface area contributed by atoms with E-state index in [-0.39, 0.29) is 18.1 Å². The van der Waals surface area contributed by atoms with Crippen molar-refractivity contribution in [2.24, 2.45) is 7.05 Å². The van der Waals surface area contributed by atoms with E-state index in [1.807, 2.05) is 29.2 Å². The molecule has 168 valence electrons. The van der Waals surface area contributed by atoms with Gasteiger partial charge in [0, 0.05) is 45.7 Å². The minimum absolute atomic E-state index is 0.0222. The van der Waals surface area contributed by atoms with E-state index in [1.165, 1.54) is 4.57 Å². The smallest absolute Gasteiger partial charge is 0.345 e. The molecule has 1 N–H and O–H groups in total. The number of carbonyl (C=O) groups is 2. The van der Waals surface area contributed by atoms with Crippen molar-refractivity contribution in [2.45, 2.75) is 6.92 Å². The highest BCUT2D eigenvalue weighted by atomic mass is 32.1. The largest absolute Gasteiger partial charge is 0.462 e. The van der Waals surface area contributed by atoms with Gasteiger partial charge in [-0.05, 0) is 13.0 Å². The van der Waals surface area contributed by atoms with Crippen LogP contribution in [0.5, 0.6) is 0 Å². The minimum Gasteiger partial charge on any atom is -0.462 e. The predicted octanol–water partition coefficient (Wildman–Crippen LogP) is 1.57. The third kappa shape index (κ3) is 3.68. The number of piperazine rings is 1. The monoisotopic (exact) mass is 456 g/mol.